The molecule has 1 aromatic heterocycles. The molecule has 5 nitrogen and oxygen atoms in total. The Balaban J connectivity index is 1.98. The first-order chi connectivity index (χ1) is 11.0. The van der Waals surface area contributed by atoms with Gasteiger partial charge >= 0.3 is 0 Å². The molecule has 1 atom stereocenters. The SMILES string of the molecule is Cc1cc(C=Cc2ccccc2OC(O)CCNC(C)C)on1. The Morgan fingerprint density at radius 3 is 2.78 bits per heavy atom. The molecule has 2 N–H and O–H groups in total. The fourth-order valence-corrected chi connectivity index (χ4v) is 2.06. The van der Waals surface area contributed by atoms with Gasteiger partial charge in [-0.25, -0.2) is 0 Å². The van der Waals surface area contributed by atoms with E-state index in [1.807, 2.05) is 49.4 Å². The fraction of sp³-hybridized carbons (Fsp3) is 0.389. The third-order valence-corrected chi connectivity index (χ3v) is 3.20. The molecule has 5 heteroatoms. The Kier molecular flexibility index (Phi) is 6.38. The number of ether oxygens (including phenoxy) is 1. The second kappa shape index (κ2) is 8.50. The summed E-state index contributed by atoms with van der Waals surface area (Å²) in [6, 6.07) is 9.81. The van der Waals surface area contributed by atoms with E-state index in [1.54, 1.807) is 0 Å². The summed E-state index contributed by atoms with van der Waals surface area (Å²) >= 11 is 0. The lowest BCUT2D eigenvalue weighted by Gasteiger charge is -2.16. The summed E-state index contributed by atoms with van der Waals surface area (Å²) in [6.45, 7) is 6.71. The predicted octanol–water partition coefficient (Wildman–Crippen LogP) is 3.24. The van der Waals surface area contributed by atoms with Crippen LogP contribution in [0.1, 0.15) is 37.3 Å². The van der Waals surface area contributed by atoms with E-state index in [1.165, 1.54) is 0 Å². The van der Waals surface area contributed by atoms with Crippen molar-refractivity contribution in [3.05, 3.63) is 47.3 Å². The van der Waals surface area contributed by atoms with Crippen molar-refractivity contribution in [1.29, 1.82) is 0 Å². The normalized spacial score (nSPS) is 12.9. The van der Waals surface area contributed by atoms with Gasteiger partial charge in [-0.15, -0.1) is 0 Å². The molecule has 23 heavy (non-hydrogen) atoms. The molecule has 124 valence electrons. The number of nitrogens with zero attached hydrogens (tertiary/aromatic N) is 1. The smallest absolute Gasteiger partial charge is 0.198 e. The van der Waals surface area contributed by atoms with Crippen LogP contribution in [-0.4, -0.2) is 29.1 Å². The molecule has 2 aromatic rings. The Bertz CT molecular complexity index is 635. The molecule has 1 aromatic carbocycles. The van der Waals surface area contributed by atoms with E-state index in [-0.39, 0.29) is 0 Å². The van der Waals surface area contributed by atoms with E-state index in [4.69, 9.17) is 9.26 Å². The van der Waals surface area contributed by atoms with E-state index in [2.05, 4.69) is 24.3 Å². The molecule has 0 saturated carbocycles. The highest BCUT2D eigenvalue weighted by molar-refractivity contribution is 5.70. The number of hydrogen-bond acceptors (Lipinski definition) is 5. The van der Waals surface area contributed by atoms with Crippen molar-refractivity contribution in [2.75, 3.05) is 6.54 Å². The van der Waals surface area contributed by atoms with Gasteiger partial charge in [-0.3, -0.25) is 0 Å². The first kappa shape index (κ1) is 17.2. The average Bonchev–Trinajstić information content (AvgIpc) is 2.91. The maximum atomic E-state index is 10.0. The highest BCUT2D eigenvalue weighted by atomic mass is 16.6. The minimum absolute atomic E-state index is 0.391. The van der Waals surface area contributed by atoms with Crippen LogP contribution in [0.2, 0.25) is 0 Å². The molecule has 0 spiro atoms. The van der Waals surface area contributed by atoms with Crippen LogP contribution in [0.5, 0.6) is 5.75 Å². The van der Waals surface area contributed by atoms with Crippen molar-refractivity contribution in [3.63, 3.8) is 0 Å². The van der Waals surface area contributed by atoms with Gasteiger partial charge in [0.05, 0.1) is 5.69 Å². The third kappa shape index (κ3) is 5.88. The minimum Gasteiger partial charge on any atom is -0.464 e. The van der Waals surface area contributed by atoms with E-state index in [0.29, 0.717) is 30.5 Å². The monoisotopic (exact) mass is 316 g/mol. The van der Waals surface area contributed by atoms with Crippen LogP contribution in [0.3, 0.4) is 0 Å². The van der Waals surface area contributed by atoms with E-state index in [9.17, 15) is 5.11 Å². The molecule has 0 fully saturated rings. The molecule has 0 aliphatic heterocycles. The van der Waals surface area contributed by atoms with Gasteiger partial charge in [-0.2, -0.15) is 0 Å². The molecule has 0 aliphatic rings. The van der Waals surface area contributed by atoms with Gasteiger partial charge in [-0.05, 0) is 25.1 Å². The molecule has 0 radical (unpaired) electrons. The van der Waals surface area contributed by atoms with Gasteiger partial charge in [0.15, 0.2) is 12.1 Å². The summed E-state index contributed by atoms with van der Waals surface area (Å²) < 4.78 is 10.8. The Morgan fingerprint density at radius 1 is 1.30 bits per heavy atom. The number of benzene rings is 1. The van der Waals surface area contributed by atoms with Crippen LogP contribution in [0.15, 0.2) is 34.9 Å². The molecule has 1 unspecified atom stereocenters. The topological polar surface area (TPSA) is 67.5 Å². The molecule has 0 saturated heterocycles. The van der Waals surface area contributed by atoms with Crippen LogP contribution < -0.4 is 10.1 Å². The first-order valence-corrected chi connectivity index (χ1v) is 7.83. The number of aromatic nitrogens is 1. The highest BCUT2D eigenvalue weighted by Crippen LogP contribution is 2.22. The van der Waals surface area contributed by atoms with Crippen LogP contribution in [-0.2, 0) is 0 Å². The second-order valence-electron chi connectivity index (χ2n) is 5.71. The first-order valence-electron chi connectivity index (χ1n) is 7.83. The quantitative estimate of drug-likeness (QED) is 0.732. The summed E-state index contributed by atoms with van der Waals surface area (Å²) in [5.74, 6) is 1.32. The fourth-order valence-electron chi connectivity index (χ4n) is 2.06. The maximum Gasteiger partial charge on any atom is 0.198 e. The summed E-state index contributed by atoms with van der Waals surface area (Å²) in [5.41, 5.74) is 1.71. The number of aryl methyl sites for hydroxylation is 1. The molecule has 0 amide bonds. The van der Waals surface area contributed by atoms with Gasteiger partial charge in [-0.1, -0.05) is 37.2 Å². The van der Waals surface area contributed by atoms with Gasteiger partial charge in [0, 0.05) is 30.6 Å². The van der Waals surface area contributed by atoms with Crippen molar-refractivity contribution >= 4 is 12.2 Å². The number of nitrogens with one attached hydrogen (secondary N) is 1. The zero-order valence-electron chi connectivity index (χ0n) is 13.8. The Labute approximate surface area is 137 Å². The van der Waals surface area contributed by atoms with E-state index in [0.717, 1.165) is 11.3 Å². The van der Waals surface area contributed by atoms with E-state index >= 15 is 0 Å². The maximum absolute atomic E-state index is 10.0. The van der Waals surface area contributed by atoms with Crippen LogP contribution in [0.4, 0.5) is 0 Å². The molecule has 2 rings (SSSR count). The van der Waals surface area contributed by atoms with Crippen molar-refractivity contribution in [1.82, 2.24) is 10.5 Å². The number of aliphatic hydroxyl groups excluding tert-OH is 1. The Morgan fingerprint density at radius 2 is 2.09 bits per heavy atom. The molecular formula is C18H24N2O3. The van der Waals surface area contributed by atoms with Gasteiger partial charge < -0.3 is 19.7 Å². The highest BCUT2D eigenvalue weighted by Gasteiger charge is 2.08. The van der Waals surface area contributed by atoms with Crippen LogP contribution in [0, 0.1) is 6.92 Å². The largest absolute Gasteiger partial charge is 0.464 e. The van der Waals surface area contributed by atoms with Gasteiger partial charge in [0.25, 0.3) is 0 Å². The standard InChI is InChI=1S/C18H24N2O3/c1-13(2)19-11-10-18(21)22-17-7-5-4-6-15(17)8-9-16-12-14(3)20-23-16/h4-9,12-13,18-19,21H,10-11H2,1-3H3. The Hall–Kier alpha value is -2.11. The number of rotatable bonds is 8. The lowest BCUT2D eigenvalue weighted by Crippen LogP contribution is -2.28. The van der Waals surface area contributed by atoms with Crippen molar-refractivity contribution in [2.45, 2.75) is 39.5 Å². The van der Waals surface area contributed by atoms with Crippen molar-refractivity contribution < 1.29 is 14.4 Å². The number of hydrogen-bond donors (Lipinski definition) is 2. The van der Waals surface area contributed by atoms with Crippen LogP contribution in [0.25, 0.3) is 12.2 Å². The molecule has 1 heterocycles. The third-order valence-electron chi connectivity index (χ3n) is 3.20. The van der Waals surface area contributed by atoms with Gasteiger partial charge in [0.1, 0.15) is 5.75 Å². The summed E-state index contributed by atoms with van der Waals surface area (Å²) in [4.78, 5) is 0. The van der Waals surface area contributed by atoms with Crippen molar-refractivity contribution in [2.24, 2.45) is 0 Å². The van der Waals surface area contributed by atoms with E-state index < -0.39 is 6.29 Å². The minimum atomic E-state index is -0.844. The lowest BCUT2D eigenvalue weighted by molar-refractivity contribution is -0.0227. The van der Waals surface area contributed by atoms with Gasteiger partial charge in [0.2, 0.25) is 0 Å². The molecule has 0 bridgehead atoms. The zero-order valence-corrected chi connectivity index (χ0v) is 13.8. The zero-order chi connectivity index (χ0) is 16.7. The second-order valence-corrected chi connectivity index (χ2v) is 5.71. The molecule has 0 aliphatic carbocycles. The summed E-state index contributed by atoms with van der Waals surface area (Å²) in [6.07, 6.45) is 3.39. The summed E-state index contributed by atoms with van der Waals surface area (Å²) in [5, 5.41) is 17.1. The van der Waals surface area contributed by atoms with Crippen LogP contribution >= 0.6 is 0 Å². The number of aliphatic hydroxyl groups is 1. The van der Waals surface area contributed by atoms with Crippen molar-refractivity contribution in [3.8, 4) is 5.75 Å². The average molecular weight is 316 g/mol. The lowest BCUT2D eigenvalue weighted by atomic mass is 10.1. The predicted molar refractivity (Wildman–Crippen MR) is 91.0 cm³/mol. The summed E-state index contributed by atoms with van der Waals surface area (Å²) in [7, 11) is 0. The number of para-hydroxylation sites is 1. The molecular weight excluding hydrogens is 292 g/mol.